The van der Waals surface area contributed by atoms with Gasteiger partial charge < -0.3 is 15.2 Å². The van der Waals surface area contributed by atoms with Crippen molar-refractivity contribution in [3.63, 3.8) is 0 Å². The zero-order chi connectivity index (χ0) is 11.8. The van der Waals surface area contributed by atoms with Gasteiger partial charge in [0.15, 0.2) is 0 Å². The van der Waals surface area contributed by atoms with Crippen molar-refractivity contribution >= 4 is 0 Å². The maximum Gasteiger partial charge on any atom is 0.145 e. The van der Waals surface area contributed by atoms with E-state index in [-0.39, 0.29) is 5.54 Å². The highest BCUT2D eigenvalue weighted by atomic mass is 16.5. The predicted octanol–water partition coefficient (Wildman–Crippen LogP) is 1.49. The molecular formula is C12H18N2O2. The second-order valence-electron chi connectivity index (χ2n) is 4.37. The largest absolute Gasteiger partial charge is 0.494 e. The molecule has 0 aromatic carbocycles. The summed E-state index contributed by atoms with van der Waals surface area (Å²) in [6, 6.07) is 0. The van der Waals surface area contributed by atoms with Crippen LogP contribution in [-0.2, 0) is 16.9 Å². The fourth-order valence-corrected chi connectivity index (χ4v) is 2.07. The summed E-state index contributed by atoms with van der Waals surface area (Å²) in [7, 11) is 3.34. The topological polar surface area (TPSA) is 57.4 Å². The second kappa shape index (κ2) is 4.03. The summed E-state index contributed by atoms with van der Waals surface area (Å²) in [4.78, 5) is 4.31. The molecule has 0 amide bonds. The van der Waals surface area contributed by atoms with Gasteiger partial charge in [0.25, 0.3) is 0 Å². The van der Waals surface area contributed by atoms with Gasteiger partial charge in [-0.25, -0.2) is 0 Å². The minimum atomic E-state index is -0.229. The van der Waals surface area contributed by atoms with Gasteiger partial charge in [-0.05, 0) is 19.8 Å². The van der Waals surface area contributed by atoms with E-state index in [0.29, 0.717) is 6.61 Å². The van der Waals surface area contributed by atoms with Crippen LogP contribution >= 0.6 is 0 Å². The third-order valence-electron chi connectivity index (χ3n) is 3.08. The van der Waals surface area contributed by atoms with Crippen molar-refractivity contribution < 1.29 is 9.47 Å². The van der Waals surface area contributed by atoms with Crippen LogP contribution in [0, 0.1) is 6.92 Å². The molecule has 1 aliphatic carbocycles. The number of hydrogen-bond donors (Lipinski definition) is 1. The Hall–Kier alpha value is -1.13. The molecule has 0 spiro atoms. The van der Waals surface area contributed by atoms with Gasteiger partial charge in [-0.2, -0.15) is 0 Å². The third-order valence-corrected chi connectivity index (χ3v) is 3.08. The lowest BCUT2D eigenvalue weighted by Gasteiger charge is -2.19. The van der Waals surface area contributed by atoms with Crippen LogP contribution in [0.1, 0.15) is 29.7 Å². The normalized spacial score (nSPS) is 17.2. The average Bonchev–Trinajstić information content (AvgIpc) is 3.00. The summed E-state index contributed by atoms with van der Waals surface area (Å²) in [6.07, 6.45) is 3.84. The van der Waals surface area contributed by atoms with E-state index in [4.69, 9.17) is 15.2 Å². The first-order valence-electron chi connectivity index (χ1n) is 5.43. The van der Waals surface area contributed by atoms with Gasteiger partial charge in [0.2, 0.25) is 0 Å². The number of nitrogens with two attached hydrogens (primary N) is 1. The van der Waals surface area contributed by atoms with Crippen molar-refractivity contribution in [1.29, 1.82) is 0 Å². The average molecular weight is 222 g/mol. The van der Waals surface area contributed by atoms with Crippen LogP contribution in [0.2, 0.25) is 0 Å². The quantitative estimate of drug-likeness (QED) is 0.838. The van der Waals surface area contributed by atoms with Gasteiger partial charge in [-0.15, -0.1) is 0 Å². The first-order chi connectivity index (χ1) is 7.62. The van der Waals surface area contributed by atoms with E-state index in [2.05, 4.69) is 4.98 Å². The van der Waals surface area contributed by atoms with Gasteiger partial charge in [-0.3, -0.25) is 4.98 Å². The standard InChI is InChI=1S/C12H18N2O2/c1-8-11(16-3)10(12(13)4-5-12)9(6-14-8)7-15-2/h6H,4-5,7,13H2,1-3H3. The van der Waals surface area contributed by atoms with Crippen molar-refractivity contribution in [3.05, 3.63) is 23.0 Å². The van der Waals surface area contributed by atoms with E-state index in [1.165, 1.54) is 0 Å². The minimum absolute atomic E-state index is 0.229. The summed E-state index contributed by atoms with van der Waals surface area (Å²) in [6.45, 7) is 2.46. The SMILES string of the molecule is COCc1cnc(C)c(OC)c1C1(N)CC1. The van der Waals surface area contributed by atoms with Gasteiger partial charge in [0.1, 0.15) is 5.75 Å². The monoisotopic (exact) mass is 222 g/mol. The number of pyridine rings is 1. The minimum Gasteiger partial charge on any atom is -0.494 e. The Morgan fingerprint density at radius 2 is 2.12 bits per heavy atom. The molecule has 0 saturated heterocycles. The molecule has 16 heavy (non-hydrogen) atoms. The van der Waals surface area contributed by atoms with Gasteiger partial charge in [0, 0.05) is 30.0 Å². The molecule has 1 heterocycles. The molecule has 0 bridgehead atoms. The zero-order valence-electron chi connectivity index (χ0n) is 10.0. The van der Waals surface area contributed by atoms with Gasteiger partial charge in [-0.1, -0.05) is 0 Å². The predicted molar refractivity (Wildman–Crippen MR) is 61.3 cm³/mol. The van der Waals surface area contributed by atoms with Crippen LogP contribution in [-0.4, -0.2) is 19.2 Å². The van der Waals surface area contributed by atoms with Crippen molar-refractivity contribution in [3.8, 4) is 5.75 Å². The maximum absolute atomic E-state index is 6.28. The highest BCUT2D eigenvalue weighted by Crippen LogP contribution is 2.48. The van der Waals surface area contributed by atoms with E-state index in [0.717, 1.165) is 35.4 Å². The maximum atomic E-state index is 6.28. The lowest BCUT2D eigenvalue weighted by atomic mass is 9.99. The summed E-state index contributed by atoms with van der Waals surface area (Å²) in [5.41, 5.74) is 9.04. The Kier molecular flexibility index (Phi) is 2.86. The number of ether oxygens (including phenoxy) is 2. The first-order valence-corrected chi connectivity index (χ1v) is 5.43. The molecule has 2 rings (SSSR count). The number of nitrogens with zero attached hydrogens (tertiary/aromatic N) is 1. The Morgan fingerprint density at radius 1 is 1.44 bits per heavy atom. The van der Waals surface area contributed by atoms with Crippen LogP contribution in [0.15, 0.2) is 6.20 Å². The summed E-state index contributed by atoms with van der Waals surface area (Å²) in [5, 5.41) is 0. The Balaban J connectivity index is 2.54. The zero-order valence-corrected chi connectivity index (χ0v) is 10.0. The fraction of sp³-hybridized carbons (Fsp3) is 0.583. The van der Waals surface area contributed by atoms with Crippen molar-refractivity contribution in [1.82, 2.24) is 4.98 Å². The van der Waals surface area contributed by atoms with Crippen molar-refractivity contribution in [2.45, 2.75) is 31.9 Å². The fourth-order valence-electron chi connectivity index (χ4n) is 2.07. The summed E-state index contributed by atoms with van der Waals surface area (Å²) < 4.78 is 10.6. The Labute approximate surface area is 95.8 Å². The van der Waals surface area contributed by atoms with E-state index in [1.807, 2.05) is 13.1 Å². The van der Waals surface area contributed by atoms with E-state index in [1.54, 1.807) is 14.2 Å². The van der Waals surface area contributed by atoms with Crippen LogP contribution in [0.4, 0.5) is 0 Å². The second-order valence-corrected chi connectivity index (χ2v) is 4.37. The van der Waals surface area contributed by atoms with Crippen LogP contribution < -0.4 is 10.5 Å². The van der Waals surface area contributed by atoms with Crippen LogP contribution in [0.5, 0.6) is 5.75 Å². The van der Waals surface area contributed by atoms with Crippen LogP contribution in [0.25, 0.3) is 0 Å². The number of hydrogen-bond acceptors (Lipinski definition) is 4. The molecule has 0 atom stereocenters. The molecule has 1 saturated carbocycles. The molecule has 1 aliphatic rings. The Bertz CT molecular complexity index is 400. The van der Waals surface area contributed by atoms with Gasteiger partial charge >= 0.3 is 0 Å². The molecule has 0 aliphatic heterocycles. The van der Waals surface area contributed by atoms with E-state index < -0.39 is 0 Å². The summed E-state index contributed by atoms with van der Waals surface area (Å²) in [5.74, 6) is 0.814. The molecule has 1 fully saturated rings. The smallest absolute Gasteiger partial charge is 0.145 e. The van der Waals surface area contributed by atoms with Crippen molar-refractivity contribution in [2.75, 3.05) is 14.2 Å². The number of aryl methyl sites for hydroxylation is 1. The van der Waals surface area contributed by atoms with Crippen molar-refractivity contribution in [2.24, 2.45) is 5.73 Å². The molecule has 1 aromatic rings. The highest BCUT2D eigenvalue weighted by Gasteiger charge is 2.44. The van der Waals surface area contributed by atoms with Gasteiger partial charge in [0.05, 0.1) is 19.4 Å². The van der Waals surface area contributed by atoms with Crippen LogP contribution in [0.3, 0.4) is 0 Å². The molecule has 4 heteroatoms. The molecular weight excluding hydrogens is 204 g/mol. The molecule has 0 radical (unpaired) electrons. The molecule has 2 N–H and O–H groups in total. The van der Waals surface area contributed by atoms with E-state index >= 15 is 0 Å². The lowest BCUT2D eigenvalue weighted by Crippen LogP contribution is -2.23. The lowest BCUT2D eigenvalue weighted by molar-refractivity contribution is 0.182. The number of rotatable bonds is 4. The third kappa shape index (κ3) is 1.79. The summed E-state index contributed by atoms with van der Waals surface area (Å²) >= 11 is 0. The van der Waals surface area contributed by atoms with E-state index in [9.17, 15) is 0 Å². The molecule has 88 valence electrons. The molecule has 1 aromatic heterocycles. The Morgan fingerprint density at radius 3 is 2.62 bits per heavy atom. The molecule has 0 unspecified atom stereocenters. The number of methoxy groups -OCH3 is 2. The highest BCUT2D eigenvalue weighted by molar-refractivity contribution is 5.49. The molecule has 4 nitrogen and oxygen atoms in total. The number of aromatic nitrogens is 1. The first kappa shape index (κ1) is 11.4.